The minimum Gasteiger partial charge on any atom is -0.329 e. The highest BCUT2D eigenvalue weighted by atomic mass is 16.2. The standard InChI is InChI=1S/C19H15N3O4/c23-16-9-13-5-1-2-7-15(13)18(25)22(16)14-6-3-4-12(8-14)11-21-17(24)10-20-19(21)26/h1-8H,9-11H2,(H,20,26). The Kier molecular flexibility index (Phi) is 3.76. The van der Waals surface area contributed by atoms with E-state index in [1.54, 1.807) is 48.5 Å². The van der Waals surface area contributed by atoms with Gasteiger partial charge in [-0.1, -0.05) is 30.3 Å². The van der Waals surface area contributed by atoms with Crippen LogP contribution >= 0.6 is 0 Å². The number of nitrogens with one attached hydrogen (secondary N) is 1. The predicted octanol–water partition coefficient (Wildman–Crippen LogP) is 1.47. The highest BCUT2D eigenvalue weighted by Gasteiger charge is 2.32. The van der Waals surface area contributed by atoms with Gasteiger partial charge in [0.1, 0.15) is 0 Å². The Bertz CT molecular complexity index is 937. The minimum atomic E-state index is -0.445. The highest BCUT2D eigenvalue weighted by molar-refractivity contribution is 6.24. The van der Waals surface area contributed by atoms with Gasteiger partial charge in [0.15, 0.2) is 0 Å². The van der Waals surface area contributed by atoms with E-state index in [9.17, 15) is 19.2 Å². The monoisotopic (exact) mass is 349 g/mol. The molecule has 1 saturated heterocycles. The molecule has 0 aliphatic carbocycles. The zero-order valence-corrected chi connectivity index (χ0v) is 13.8. The summed E-state index contributed by atoms with van der Waals surface area (Å²) in [6, 6.07) is 13.4. The van der Waals surface area contributed by atoms with Crippen molar-refractivity contribution in [2.75, 3.05) is 11.4 Å². The topological polar surface area (TPSA) is 86.8 Å². The number of benzene rings is 2. The van der Waals surface area contributed by atoms with Crippen LogP contribution in [0.2, 0.25) is 0 Å². The van der Waals surface area contributed by atoms with E-state index in [4.69, 9.17) is 0 Å². The molecule has 0 saturated carbocycles. The highest BCUT2D eigenvalue weighted by Crippen LogP contribution is 2.26. The fourth-order valence-corrected chi connectivity index (χ4v) is 3.21. The van der Waals surface area contributed by atoms with E-state index in [1.165, 1.54) is 0 Å². The number of fused-ring (bicyclic) bond motifs is 1. The number of rotatable bonds is 3. The van der Waals surface area contributed by atoms with Crippen molar-refractivity contribution in [1.82, 2.24) is 10.2 Å². The molecule has 0 atom stereocenters. The van der Waals surface area contributed by atoms with Gasteiger partial charge in [-0.2, -0.15) is 0 Å². The average molecular weight is 349 g/mol. The molecule has 7 heteroatoms. The second-order valence-corrected chi connectivity index (χ2v) is 6.18. The van der Waals surface area contributed by atoms with Gasteiger partial charge >= 0.3 is 6.03 Å². The first-order valence-electron chi connectivity index (χ1n) is 8.17. The summed E-state index contributed by atoms with van der Waals surface area (Å²) in [4.78, 5) is 51.0. The summed E-state index contributed by atoms with van der Waals surface area (Å²) in [6.07, 6.45) is 0.152. The molecule has 0 spiro atoms. The fraction of sp³-hybridized carbons (Fsp3) is 0.158. The summed E-state index contributed by atoms with van der Waals surface area (Å²) in [5.74, 6) is -0.982. The summed E-state index contributed by atoms with van der Waals surface area (Å²) in [5, 5.41) is 2.46. The minimum absolute atomic E-state index is 0.0155. The lowest BCUT2D eigenvalue weighted by atomic mass is 9.98. The van der Waals surface area contributed by atoms with Crippen molar-refractivity contribution in [3.8, 4) is 0 Å². The Balaban J connectivity index is 1.64. The van der Waals surface area contributed by atoms with Crippen molar-refractivity contribution in [3.63, 3.8) is 0 Å². The van der Waals surface area contributed by atoms with Gasteiger partial charge in [-0.15, -0.1) is 0 Å². The van der Waals surface area contributed by atoms with Crippen LogP contribution in [0.4, 0.5) is 10.5 Å². The molecule has 0 aromatic heterocycles. The van der Waals surface area contributed by atoms with Crippen molar-refractivity contribution in [2.24, 2.45) is 0 Å². The first kappa shape index (κ1) is 16.0. The second-order valence-electron chi connectivity index (χ2n) is 6.18. The van der Waals surface area contributed by atoms with Crippen LogP contribution in [0.15, 0.2) is 48.5 Å². The molecule has 7 nitrogen and oxygen atoms in total. The summed E-state index contributed by atoms with van der Waals surface area (Å²) >= 11 is 0. The van der Waals surface area contributed by atoms with Crippen LogP contribution in [0, 0.1) is 0 Å². The third-order valence-electron chi connectivity index (χ3n) is 4.49. The molecule has 2 aromatic carbocycles. The Hall–Kier alpha value is -3.48. The molecular weight excluding hydrogens is 334 g/mol. The lowest BCUT2D eigenvalue weighted by molar-refractivity contribution is -0.125. The first-order valence-corrected chi connectivity index (χ1v) is 8.17. The lowest BCUT2D eigenvalue weighted by Gasteiger charge is -2.27. The maximum absolute atomic E-state index is 12.8. The van der Waals surface area contributed by atoms with E-state index in [0.717, 1.165) is 9.80 Å². The number of nitrogens with zero attached hydrogens (tertiary/aromatic N) is 2. The van der Waals surface area contributed by atoms with E-state index < -0.39 is 6.03 Å². The predicted molar refractivity (Wildman–Crippen MR) is 92.4 cm³/mol. The van der Waals surface area contributed by atoms with E-state index in [0.29, 0.717) is 22.4 Å². The van der Waals surface area contributed by atoms with Gasteiger partial charge in [-0.3, -0.25) is 19.3 Å². The molecule has 2 aliphatic rings. The first-order chi connectivity index (χ1) is 12.5. The maximum Gasteiger partial charge on any atom is 0.324 e. The maximum atomic E-state index is 12.8. The van der Waals surface area contributed by atoms with Gasteiger partial charge < -0.3 is 5.32 Å². The lowest BCUT2D eigenvalue weighted by Crippen LogP contribution is -2.42. The van der Waals surface area contributed by atoms with Crippen molar-refractivity contribution < 1.29 is 19.2 Å². The Morgan fingerprint density at radius 1 is 0.923 bits per heavy atom. The Morgan fingerprint density at radius 3 is 2.50 bits per heavy atom. The Labute approximate surface area is 149 Å². The summed E-state index contributed by atoms with van der Waals surface area (Å²) in [7, 11) is 0. The van der Waals surface area contributed by atoms with Gasteiger partial charge in [0.2, 0.25) is 11.8 Å². The number of amides is 5. The van der Waals surface area contributed by atoms with E-state index in [2.05, 4.69) is 5.32 Å². The van der Waals surface area contributed by atoms with Gasteiger partial charge in [0.05, 0.1) is 25.2 Å². The molecule has 0 unspecified atom stereocenters. The number of urea groups is 1. The molecule has 5 amide bonds. The van der Waals surface area contributed by atoms with E-state index in [-0.39, 0.29) is 37.2 Å². The van der Waals surface area contributed by atoms with Crippen LogP contribution in [0.1, 0.15) is 21.5 Å². The molecule has 4 rings (SSSR count). The van der Waals surface area contributed by atoms with Gasteiger partial charge in [0, 0.05) is 5.56 Å². The zero-order valence-electron chi connectivity index (χ0n) is 13.8. The van der Waals surface area contributed by atoms with Crippen LogP contribution in [-0.4, -0.2) is 35.2 Å². The number of hydrogen-bond donors (Lipinski definition) is 1. The third-order valence-corrected chi connectivity index (χ3v) is 4.49. The van der Waals surface area contributed by atoms with Gasteiger partial charge in [0.25, 0.3) is 5.91 Å². The molecular formula is C19H15N3O4. The van der Waals surface area contributed by atoms with Crippen LogP contribution in [0.5, 0.6) is 0 Å². The molecule has 1 fully saturated rings. The molecule has 0 bridgehead atoms. The van der Waals surface area contributed by atoms with E-state index in [1.807, 2.05) is 0 Å². The van der Waals surface area contributed by atoms with Crippen molar-refractivity contribution in [1.29, 1.82) is 0 Å². The zero-order chi connectivity index (χ0) is 18.3. The van der Waals surface area contributed by atoms with E-state index >= 15 is 0 Å². The second kappa shape index (κ2) is 6.11. The van der Waals surface area contributed by atoms with Gasteiger partial charge in [-0.05, 0) is 29.3 Å². The molecule has 2 aliphatic heterocycles. The van der Waals surface area contributed by atoms with Crippen LogP contribution in [0.25, 0.3) is 0 Å². The number of hydrogen-bond acceptors (Lipinski definition) is 4. The molecule has 2 heterocycles. The average Bonchev–Trinajstić information content (AvgIpc) is 2.94. The molecule has 2 aromatic rings. The van der Waals surface area contributed by atoms with Crippen LogP contribution < -0.4 is 10.2 Å². The largest absolute Gasteiger partial charge is 0.329 e. The van der Waals surface area contributed by atoms with Crippen LogP contribution in [0.3, 0.4) is 0 Å². The van der Waals surface area contributed by atoms with Gasteiger partial charge in [-0.25, -0.2) is 9.69 Å². The normalized spacial score (nSPS) is 16.8. The number of carbonyl (C=O) groups is 4. The number of carbonyl (C=O) groups excluding carboxylic acids is 4. The molecule has 26 heavy (non-hydrogen) atoms. The van der Waals surface area contributed by atoms with Crippen molar-refractivity contribution in [3.05, 3.63) is 65.2 Å². The summed E-state index contributed by atoms with van der Waals surface area (Å²) < 4.78 is 0. The smallest absolute Gasteiger partial charge is 0.324 e. The SMILES string of the molecule is O=C1CNC(=O)N1Cc1cccc(N2C(=O)Cc3ccccc3C2=O)c1. The number of imide groups is 2. The number of anilines is 1. The van der Waals surface area contributed by atoms with Crippen molar-refractivity contribution in [2.45, 2.75) is 13.0 Å². The fourth-order valence-electron chi connectivity index (χ4n) is 3.21. The van der Waals surface area contributed by atoms with Crippen molar-refractivity contribution >= 4 is 29.4 Å². The van der Waals surface area contributed by atoms with Crippen LogP contribution in [-0.2, 0) is 22.6 Å². The quantitative estimate of drug-likeness (QED) is 0.671. The third kappa shape index (κ3) is 2.63. The molecule has 0 radical (unpaired) electrons. The molecule has 130 valence electrons. The molecule has 1 N–H and O–H groups in total. The summed E-state index contributed by atoms with van der Waals surface area (Å²) in [6.45, 7) is 0.0731. The summed E-state index contributed by atoms with van der Waals surface area (Å²) in [5.41, 5.74) is 2.31. The Morgan fingerprint density at radius 2 is 1.73 bits per heavy atom.